The fourth-order valence-corrected chi connectivity index (χ4v) is 1.69. The van der Waals surface area contributed by atoms with Crippen LogP contribution >= 0.6 is 0 Å². The number of hydrogen-bond donors (Lipinski definition) is 1. The number of pyridine rings is 2. The van der Waals surface area contributed by atoms with E-state index in [1.165, 1.54) is 0 Å². The Bertz CT molecular complexity index is 451. The minimum Gasteiger partial charge on any atom is -0.382 e. The first kappa shape index (κ1) is 10.8. The first-order chi connectivity index (χ1) is 7.70. The van der Waals surface area contributed by atoms with E-state index in [9.17, 15) is 5.11 Å². The molecule has 2 rings (SSSR count). The van der Waals surface area contributed by atoms with Gasteiger partial charge in [0.15, 0.2) is 0 Å². The van der Waals surface area contributed by atoms with E-state index >= 15 is 0 Å². The molecule has 0 amide bonds. The Morgan fingerprint density at radius 1 is 1.12 bits per heavy atom. The van der Waals surface area contributed by atoms with Crippen molar-refractivity contribution in [2.24, 2.45) is 0 Å². The van der Waals surface area contributed by atoms with Gasteiger partial charge in [-0.05, 0) is 37.1 Å². The second-order valence-corrected chi connectivity index (χ2v) is 3.84. The third kappa shape index (κ3) is 1.95. The summed E-state index contributed by atoms with van der Waals surface area (Å²) in [7, 11) is 0. The SMILES string of the molecule is Cc1ccncc1C(O)c1ncccc1C. The molecule has 0 aliphatic heterocycles. The summed E-state index contributed by atoms with van der Waals surface area (Å²) in [4.78, 5) is 8.25. The molecule has 0 spiro atoms. The zero-order chi connectivity index (χ0) is 11.5. The highest BCUT2D eigenvalue weighted by atomic mass is 16.3. The summed E-state index contributed by atoms with van der Waals surface area (Å²) in [6.45, 7) is 3.90. The van der Waals surface area contributed by atoms with Gasteiger partial charge in [0.1, 0.15) is 6.10 Å². The lowest BCUT2D eigenvalue weighted by molar-refractivity contribution is 0.213. The van der Waals surface area contributed by atoms with Crippen LogP contribution in [0.15, 0.2) is 36.8 Å². The van der Waals surface area contributed by atoms with Crippen molar-refractivity contribution >= 4 is 0 Å². The molecule has 0 saturated carbocycles. The Morgan fingerprint density at radius 3 is 2.62 bits per heavy atom. The van der Waals surface area contributed by atoms with Gasteiger partial charge < -0.3 is 5.11 Å². The van der Waals surface area contributed by atoms with Gasteiger partial charge in [-0.3, -0.25) is 9.97 Å². The van der Waals surface area contributed by atoms with Gasteiger partial charge in [-0.2, -0.15) is 0 Å². The van der Waals surface area contributed by atoms with Gasteiger partial charge in [-0.15, -0.1) is 0 Å². The number of rotatable bonds is 2. The van der Waals surface area contributed by atoms with Crippen molar-refractivity contribution in [2.75, 3.05) is 0 Å². The van der Waals surface area contributed by atoms with E-state index < -0.39 is 6.10 Å². The second-order valence-electron chi connectivity index (χ2n) is 3.84. The van der Waals surface area contributed by atoms with E-state index in [2.05, 4.69) is 9.97 Å². The van der Waals surface area contributed by atoms with Gasteiger partial charge in [-0.1, -0.05) is 6.07 Å². The molecule has 16 heavy (non-hydrogen) atoms. The molecule has 0 aliphatic rings. The number of nitrogens with zero attached hydrogens (tertiary/aromatic N) is 2. The van der Waals surface area contributed by atoms with Crippen LogP contribution in [0.4, 0.5) is 0 Å². The quantitative estimate of drug-likeness (QED) is 0.833. The van der Waals surface area contributed by atoms with Crippen LogP contribution in [0.3, 0.4) is 0 Å². The fraction of sp³-hybridized carbons (Fsp3) is 0.231. The van der Waals surface area contributed by atoms with Crippen LogP contribution < -0.4 is 0 Å². The van der Waals surface area contributed by atoms with Crippen molar-refractivity contribution in [1.29, 1.82) is 0 Å². The molecule has 2 heterocycles. The highest BCUT2D eigenvalue weighted by molar-refractivity contribution is 5.33. The van der Waals surface area contributed by atoms with Crippen LogP contribution in [-0.2, 0) is 0 Å². The van der Waals surface area contributed by atoms with Crippen molar-refractivity contribution in [3.05, 3.63) is 59.2 Å². The van der Waals surface area contributed by atoms with Crippen LogP contribution in [0.2, 0.25) is 0 Å². The van der Waals surface area contributed by atoms with Crippen molar-refractivity contribution < 1.29 is 5.11 Å². The van der Waals surface area contributed by atoms with Gasteiger partial charge in [0.25, 0.3) is 0 Å². The lowest BCUT2D eigenvalue weighted by Crippen LogP contribution is -2.06. The van der Waals surface area contributed by atoms with Crippen LogP contribution in [-0.4, -0.2) is 15.1 Å². The molecule has 1 N–H and O–H groups in total. The number of aliphatic hydroxyl groups is 1. The molecule has 0 bridgehead atoms. The highest BCUT2D eigenvalue weighted by Gasteiger charge is 2.15. The number of hydrogen-bond acceptors (Lipinski definition) is 3. The minimum absolute atomic E-state index is 0.693. The van der Waals surface area contributed by atoms with Crippen LogP contribution in [0.25, 0.3) is 0 Å². The molecule has 0 aromatic carbocycles. The summed E-state index contributed by atoms with van der Waals surface area (Å²) in [5.74, 6) is 0. The van der Waals surface area contributed by atoms with Crippen LogP contribution in [0.1, 0.15) is 28.5 Å². The molecule has 0 aliphatic carbocycles. The lowest BCUT2D eigenvalue weighted by atomic mass is 10.0. The van der Waals surface area contributed by atoms with Crippen LogP contribution in [0, 0.1) is 13.8 Å². The molecule has 3 heteroatoms. The smallest absolute Gasteiger partial charge is 0.123 e. The zero-order valence-electron chi connectivity index (χ0n) is 9.38. The van der Waals surface area contributed by atoms with Gasteiger partial charge in [-0.25, -0.2) is 0 Å². The molecule has 0 saturated heterocycles. The molecular formula is C13H14N2O. The Balaban J connectivity index is 2.44. The van der Waals surface area contributed by atoms with E-state index in [4.69, 9.17) is 0 Å². The zero-order valence-corrected chi connectivity index (χ0v) is 9.38. The maximum absolute atomic E-state index is 10.3. The first-order valence-corrected chi connectivity index (χ1v) is 5.20. The standard InChI is InChI=1S/C13H14N2O/c1-9-5-7-14-8-11(9)13(16)12-10(2)4-3-6-15-12/h3-8,13,16H,1-2H3. The summed E-state index contributed by atoms with van der Waals surface area (Å²) < 4.78 is 0. The highest BCUT2D eigenvalue weighted by Crippen LogP contribution is 2.24. The van der Waals surface area contributed by atoms with E-state index in [1.54, 1.807) is 18.6 Å². The minimum atomic E-state index is -0.699. The largest absolute Gasteiger partial charge is 0.382 e. The van der Waals surface area contributed by atoms with E-state index in [-0.39, 0.29) is 0 Å². The van der Waals surface area contributed by atoms with E-state index in [1.807, 2.05) is 32.0 Å². The first-order valence-electron chi connectivity index (χ1n) is 5.20. The Morgan fingerprint density at radius 2 is 1.94 bits per heavy atom. The van der Waals surface area contributed by atoms with Crippen molar-refractivity contribution in [3.63, 3.8) is 0 Å². The second kappa shape index (κ2) is 4.41. The molecule has 1 unspecified atom stereocenters. The van der Waals surface area contributed by atoms with Gasteiger partial charge in [0, 0.05) is 24.2 Å². The Hall–Kier alpha value is -1.74. The predicted molar refractivity (Wildman–Crippen MR) is 62.0 cm³/mol. The average molecular weight is 214 g/mol. The molecule has 0 radical (unpaired) electrons. The Kier molecular flexibility index (Phi) is 2.97. The summed E-state index contributed by atoms with van der Waals surface area (Å²) in [5, 5.41) is 10.3. The number of aryl methyl sites for hydroxylation is 2. The average Bonchev–Trinajstić information content (AvgIpc) is 2.29. The maximum Gasteiger partial charge on any atom is 0.123 e. The van der Waals surface area contributed by atoms with Crippen LogP contribution in [0.5, 0.6) is 0 Å². The number of aromatic nitrogens is 2. The number of aliphatic hydroxyl groups excluding tert-OH is 1. The monoisotopic (exact) mass is 214 g/mol. The summed E-state index contributed by atoms with van der Waals surface area (Å²) in [6.07, 6.45) is 4.40. The molecule has 82 valence electrons. The summed E-state index contributed by atoms with van der Waals surface area (Å²) in [5.41, 5.74) is 3.51. The topological polar surface area (TPSA) is 46.0 Å². The summed E-state index contributed by atoms with van der Waals surface area (Å²) in [6, 6.07) is 5.69. The molecule has 2 aromatic rings. The van der Waals surface area contributed by atoms with E-state index in [0.29, 0.717) is 5.69 Å². The fourth-order valence-electron chi connectivity index (χ4n) is 1.69. The van der Waals surface area contributed by atoms with E-state index in [0.717, 1.165) is 16.7 Å². The Labute approximate surface area is 94.8 Å². The molecule has 0 fully saturated rings. The maximum atomic E-state index is 10.3. The van der Waals surface area contributed by atoms with Gasteiger partial charge >= 0.3 is 0 Å². The summed E-state index contributed by atoms with van der Waals surface area (Å²) >= 11 is 0. The normalized spacial score (nSPS) is 12.4. The van der Waals surface area contributed by atoms with Crippen molar-refractivity contribution in [1.82, 2.24) is 9.97 Å². The molecule has 3 nitrogen and oxygen atoms in total. The predicted octanol–water partition coefficient (Wildman–Crippen LogP) is 2.18. The third-order valence-corrected chi connectivity index (χ3v) is 2.68. The molecular weight excluding hydrogens is 200 g/mol. The van der Waals surface area contributed by atoms with Crippen molar-refractivity contribution in [3.8, 4) is 0 Å². The van der Waals surface area contributed by atoms with Gasteiger partial charge in [0.05, 0.1) is 5.69 Å². The third-order valence-electron chi connectivity index (χ3n) is 2.68. The van der Waals surface area contributed by atoms with Gasteiger partial charge in [0.2, 0.25) is 0 Å². The molecule has 2 aromatic heterocycles. The van der Waals surface area contributed by atoms with Crippen molar-refractivity contribution in [2.45, 2.75) is 20.0 Å². The molecule has 1 atom stereocenters. The lowest BCUT2D eigenvalue weighted by Gasteiger charge is -2.14.